The molecule has 0 radical (unpaired) electrons. The molecule has 2 aliphatic heterocycles. The van der Waals surface area contributed by atoms with Crippen LogP contribution in [0.2, 0.25) is 0 Å². The Morgan fingerprint density at radius 3 is 1.07 bits per heavy atom. The molecule has 246 valence electrons. The maximum absolute atomic E-state index is 15.3. The molecule has 2 aliphatic rings. The molecule has 46 heavy (non-hydrogen) atoms. The van der Waals surface area contributed by atoms with Crippen LogP contribution in [0.25, 0.3) is 46.4 Å². The number of fused-ring (bicyclic) bond motifs is 8. The van der Waals surface area contributed by atoms with E-state index in [1.807, 2.05) is 0 Å². The first-order chi connectivity index (χ1) is 20.9. The minimum Gasteiger partial charge on any atom is -0.354 e. The van der Waals surface area contributed by atoms with E-state index in [4.69, 9.17) is 0 Å². The van der Waals surface area contributed by atoms with Crippen molar-refractivity contribution in [3.63, 3.8) is 0 Å². The summed E-state index contributed by atoms with van der Waals surface area (Å²) >= 11 is 2.87. The summed E-state index contributed by atoms with van der Waals surface area (Å²) in [5, 5.41) is 0. The largest absolute Gasteiger partial charge is 0.460 e. The van der Waals surface area contributed by atoms with Crippen molar-refractivity contribution in [3.8, 4) is 0 Å². The molecule has 0 aromatic carbocycles. The predicted molar refractivity (Wildman–Crippen MR) is 154 cm³/mol. The Hall–Kier alpha value is -2.92. The highest BCUT2D eigenvalue weighted by atomic mass is 127. The van der Waals surface area contributed by atoms with E-state index in [0.29, 0.717) is 12.2 Å². The average molecular weight is 898 g/mol. The van der Waals surface area contributed by atoms with Crippen LogP contribution in [0.1, 0.15) is 33.9 Å². The number of hydrogen-bond donors (Lipinski definition) is 2. The number of rotatable bonds is 4. The molecule has 5 heterocycles. The van der Waals surface area contributed by atoms with Crippen LogP contribution in [-0.2, 0) is 11.8 Å². The van der Waals surface area contributed by atoms with Crippen LogP contribution >= 0.6 is 45.2 Å². The van der Waals surface area contributed by atoms with Crippen LogP contribution in [-0.4, -0.2) is 44.1 Å². The van der Waals surface area contributed by atoms with Crippen LogP contribution in [0.3, 0.4) is 0 Å². The summed E-state index contributed by atoms with van der Waals surface area (Å²) in [6.45, 7) is 0. The molecule has 0 spiro atoms. The Balaban J connectivity index is 1.97. The van der Waals surface area contributed by atoms with E-state index in [1.165, 1.54) is 45.2 Å². The lowest BCUT2D eigenvalue weighted by Crippen LogP contribution is -2.50. The van der Waals surface area contributed by atoms with Crippen LogP contribution in [0, 0.1) is 7.14 Å². The van der Waals surface area contributed by atoms with Gasteiger partial charge in [-0.15, -0.1) is 0 Å². The third-order valence-corrected chi connectivity index (χ3v) is 9.02. The maximum Gasteiger partial charge on any atom is 0.460 e. The monoisotopic (exact) mass is 898 g/mol. The minimum absolute atomic E-state index is 0.159. The average Bonchev–Trinajstić information content (AvgIpc) is 3.74. The standard InChI is InChI=1S/C26H10F14I2N4/c27-21(28,23(31,32)25(35,36)37)17-9-1-5-13(43-9)19(41)14-7-3-11(45-14)18(22(29,30)24(33,34)26(38,39)40)12-4-8-16(46-12)20(42)15-6-2-10(17)44-15/h1-8,43,45H. The number of hydrogen-bond acceptors (Lipinski definition) is 2. The van der Waals surface area contributed by atoms with Crippen molar-refractivity contribution in [2.75, 3.05) is 0 Å². The Labute approximate surface area is 273 Å². The summed E-state index contributed by atoms with van der Waals surface area (Å²) in [5.74, 6) is -25.0. The van der Waals surface area contributed by atoms with Crippen molar-refractivity contribution in [2.45, 2.75) is 36.0 Å². The zero-order valence-electron chi connectivity index (χ0n) is 21.6. The Morgan fingerprint density at radius 2 is 0.739 bits per heavy atom. The third-order valence-electron chi connectivity index (χ3n) is 6.75. The van der Waals surface area contributed by atoms with Gasteiger partial charge >= 0.3 is 36.0 Å². The molecule has 0 aliphatic carbocycles. The lowest BCUT2D eigenvalue weighted by Gasteiger charge is -2.28. The molecule has 20 heteroatoms. The highest BCUT2D eigenvalue weighted by Crippen LogP contribution is 2.55. The summed E-state index contributed by atoms with van der Waals surface area (Å²) in [4.78, 5) is 12.0. The second-order valence-corrected chi connectivity index (χ2v) is 11.8. The second kappa shape index (κ2) is 10.8. The number of halogens is 16. The predicted octanol–water partition coefficient (Wildman–Crippen LogP) is 10.4. The quantitative estimate of drug-likeness (QED) is 0.140. The van der Waals surface area contributed by atoms with Gasteiger partial charge < -0.3 is 9.97 Å². The highest BCUT2D eigenvalue weighted by Gasteiger charge is 2.75. The fraction of sp³-hybridized carbons (Fsp3) is 0.231. The van der Waals surface area contributed by atoms with Gasteiger partial charge in [-0.1, -0.05) is 0 Å². The van der Waals surface area contributed by atoms with Crippen LogP contribution < -0.4 is 0 Å². The molecule has 0 fully saturated rings. The number of aromatic amines is 2. The van der Waals surface area contributed by atoms with Crippen molar-refractivity contribution in [3.05, 3.63) is 65.3 Å². The van der Waals surface area contributed by atoms with Crippen molar-refractivity contribution >= 4 is 91.6 Å². The van der Waals surface area contributed by atoms with Crippen molar-refractivity contribution in [2.24, 2.45) is 0 Å². The smallest absolute Gasteiger partial charge is 0.354 e. The van der Waals surface area contributed by atoms with Gasteiger partial charge in [0.05, 0.1) is 63.1 Å². The van der Waals surface area contributed by atoms with Gasteiger partial charge in [0.1, 0.15) is 0 Å². The number of nitrogens with one attached hydrogen (secondary N) is 2. The Morgan fingerprint density at radius 1 is 0.435 bits per heavy atom. The second-order valence-electron chi connectivity index (χ2n) is 9.67. The third kappa shape index (κ3) is 5.16. The zero-order valence-corrected chi connectivity index (χ0v) is 25.9. The molecule has 0 saturated carbocycles. The van der Waals surface area contributed by atoms with Gasteiger partial charge in [-0.3, -0.25) is 0 Å². The topological polar surface area (TPSA) is 57.4 Å². The lowest BCUT2D eigenvalue weighted by atomic mass is 10.00. The zero-order chi connectivity index (χ0) is 34.4. The van der Waals surface area contributed by atoms with Crippen molar-refractivity contribution in [1.82, 2.24) is 19.9 Å². The van der Waals surface area contributed by atoms with Gasteiger partial charge in [-0.25, -0.2) is 9.97 Å². The summed E-state index contributed by atoms with van der Waals surface area (Å²) in [6, 6.07) is 3.32. The van der Waals surface area contributed by atoms with Crippen molar-refractivity contribution in [1.29, 1.82) is 0 Å². The number of nitrogens with zero attached hydrogens (tertiary/aromatic N) is 2. The van der Waals surface area contributed by atoms with Gasteiger partial charge in [-0.05, 0) is 93.8 Å². The summed E-state index contributed by atoms with van der Waals surface area (Å²) < 4.78 is 197. The van der Waals surface area contributed by atoms with Crippen LogP contribution in [0.5, 0.6) is 0 Å². The van der Waals surface area contributed by atoms with Gasteiger partial charge in [-0.2, -0.15) is 61.5 Å². The molecular weight excluding hydrogens is 888 g/mol. The summed E-state index contributed by atoms with van der Waals surface area (Å²) in [5.41, 5.74) is -9.17. The first-order valence-corrected chi connectivity index (χ1v) is 14.2. The molecule has 0 saturated heterocycles. The SMILES string of the molecule is FC(F)(F)C(F)(F)C(F)(F)c1c2nc(c(I)c3nc(c(C(F)(F)C(F)(F)C(F)(F)F)c4ccc([nH]4)c(I)c4ccc1[nH]4)C=C3)C=C2. The normalized spacial score (nSPS) is 14.8. The Bertz CT molecular complexity index is 1830. The molecule has 8 bridgehead atoms. The molecule has 0 amide bonds. The van der Waals surface area contributed by atoms with Crippen LogP contribution in [0.4, 0.5) is 61.5 Å². The van der Waals surface area contributed by atoms with Crippen molar-refractivity contribution < 1.29 is 61.5 Å². The maximum atomic E-state index is 15.3. The van der Waals surface area contributed by atoms with E-state index in [1.54, 1.807) is 0 Å². The van der Waals surface area contributed by atoms with Gasteiger partial charge in [0, 0.05) is 0 Å². The fourth-order valence-corrected chi connectivity index (χ4v) is 5.70. The first-order valence-electron chi connectivity index (χ1n) is 12.1. The number of H-pyrrole nitrogens is 2. The van der Waals surface area contributed by atoms with Gasteiger partial charge in [0.2, 0.25) is 0 Å². The molecule has 4 nitrogen and oxygen atoms in total. The van der Waals surface area contributed by atoms with E-state index in [2.05, 4.69) is 19.9 Å². The molecule has 3 aromatic heterocycles. The molecule has 5 rings (SSSR count). The molecule has 3 aromatic rings. The van der Waals surface area contributed by atoms with E-state index >= 15 is 17.6 Å². The fourth-order valence-electron chi connectivity index (χ4n) is 4.47. The molecule has 0 unspecified atom stereocenters. The molecule has 2 N–H and O–H groups in total. The number of alkyl halides is 14. The van der Waals surface area contributed by atoms with Crippen LogP contribution in [0.15, 0.2) is 24.3 Å². The first kappa shape index (κ1) is 34.4. The van der Waals surface area contributed by atoms with E-state index < -0.39 is 81.0 Å². The summed E-state index contributed by atoms with van der Waals surface area (Å²) in [7, 11) is 0. The minimum atomic E-state index is -6.71. The van der Waals surface area contributed by atoms with E-state index in [9.17, 15) is 43.9 Å². The molecule has 0 atom stereocenters. The van der Waals surface area contributed by atoms with E-state index in [-0.39, 0.29) is 18.2 Å². The van der Waals surface area contributed by atoms with Gasteiger partial charge in [0.25, 0.3) is 0 Å². The van der Waals surface area contributed by atoms with Gasteiger partial charge in [0.15, 0.2) is 0 Å². The molecular formula is C26H10F14I2N4. The Kier molecular flexibility index (Phi) is 8.08. The summed E-state index contributed by atoms with van der Waals surface area (Å²) in [6.07, 6.45) is -10.3. The van der Waals surface area contributed by atoms with E-state index in [0.717, 1.165) is 36.4 Å². The number of aromatic nitrogens is 4. The highest BCUT2D eigenvalue weighted by molar-refractivity contribution is 14.1. The lowest BCUT2D eigenvalue weighted by molar-refractivity contribution is -0.359.